The van der Waals surface area contributed by atoms with Gasteiger partial charge in [-0.15, -0.1) is 34.2 Å². The molecule has 0 amide bonds. The van der Waals surface area contributed by atoms with Crippen LogP contribution in [0, 0.1) is 0 Å². The highest BCUT2D eigenvalue weighted by Crippen LogP contribution is 2.18. The van der Waals surface area contributed by atoms with Gasteiger partial charge in [0.15, 0.2) is 5.96 Å². The lowest BCUT2D eigenvalue weighted by Gasteiger charge is -2.32. The summed E-state index contributed by atoms with van der Waals surface area (Å²) in [5.74, 6) is 2.06. The first-order chi connectivity index (χ1) is 12.8. The molecule has 0 spiro atoms. The summed E-state index contributed by atoms with van der Waals surface area (Å²) in [5, 5.41) is 11.7. The Hall–Kier alpha value is -1.64. The Balaban J connectivity index is 0.00000261. The first-order valence-electron chi connectivity index (χ1n) is 9.78. The molecule has 7 heteroatoms. The van der Waals surface area contributed by atoms with Gasteiger partial charge in [-0.25, -0.2) is 0 Å². The molecule has 3 rings (SSSR count). The summed E-state index contributed by atoms with van der Waals surface area (Å²) < 4.78 is 2.11. The lowest BCUT2D eigenvalue weighted by atomic mass is 10.0. The summed E-state index contributed by atoms with van der Waals surface area (Å²) in [6.07, 6.45) is 6.09. The number of aliphatic imine (C=N–C) groups is 1. The Morgan fingerprint density at radius 3 is 2.81 bits per heavy atom. The molecule has 0 radical (unpaired) electrons. The van der Waals surface area contributed by atoms with E-state index in [1.807, 2.05) is 6.33 Å². The van der Waals surface area contributed by atoms with Gasteiger partial charge >= 0.3 is 0 Å². The smallest absolute Gasteiger partial charge is 0.194 e. The number of rotatable bonds is 7. The molecular weight excluding hydrogens is 451 g/mol. The third kappa shape index (κ3) is 5.92. The highest BCUT2D eigenvalue weighted by atomic mass is 127. The normalized spacial score (nSPS) is 13.9. The fraction of sp³-hybridized carbons (Fsp3) is 0.550. The van der Waals surface area contributed by atoms with Crippen LogP contribution in [0.25, 0.3) is 0 Å². The fourth-order valence-electron chi connectivity index (χ4n) is 3.31. The molecule has 27 heavy (non-hydrogen) atoms. The van der Waals surface area contributed by atoms with Crippen LogP contribution >= 0.6 is 24.0 Å². The molecule has 1 aliphatic heterocycles. The van der Waals surface area contributed by atoms with Gasteiger partial charge in [-0.3, -0.25) is 4.99 Å². The number of halogens is 1. The van der Waals surface area contributed by atoms with Crippen LogP contribution in [-0.2, 0) is 25.9 Å². The van der Waals surface area contributed by atoms with E-state index >= 15 is 0 Å². The van der Waals surface area contributed by atoms with Gasteiger partial charge in [0.25, 0.3) is 0 Å². The fourth-order valence-corrected chi connectivity index (χ4v) is 3.31. The van der Waals surface area contributed by atoms with Crippen molar-refractivity contribution in [2.24, 2.45) is 4.99 Å². The molecule has 0 saturated carbocycles. The SMILES string of the molecule is CCCCN=C(NCCn1cnnc1CC)N1CCc2ccccc2C1.I. The van der Waals surface area contributed by atoms with Crippen LogP contribution in [0.5, 0.6) is 0 Å². The standard InChI is InChI=1S/C20H30N6.HI/c1-3-5-11-21-20(22-12-14-26-16-23-24-19(26)4-2)25-13-10-17-8-6-7-9-18(17)15-25;/h6-9,16H,3-5,10-15H2,1-2H3,(H,21,22);1H. The van der Waals surface area contributed by atoms with E-state index in [4.69, 9.17) is 4.99 Å². The Kier molecular flexibility index (Phi) is 9.03. The molecule has 0 unspecified atom stereocenters. The first-order valence-corrected chi connectivity index (χ1v) is 9.78. The van der Waals surface area contributed by atoms with Gasteiger partial charge in [-0.2, -0.15) is 0 Å². The monoisotopic (exact) mass is 482 g/mol. The molecule has 6 nitrogen and oxygen atoms in total. The summed E-state index contributed by atoms with van der Waals surface area (Å²) >= 11 is 0. The molecule has 1 aromatic heterocycles. The highest BCUT2D eigenvalue weighted by molar-refractivity contribution is 14.0. The van der Waals surface area contributed by atoms with Crippen molar-refractivity contribution in [3.8, 4) is 0 Å². The van der Waals surface area contributed by atoms with E-state index in [-0.39, 0.29) is 24.0 Å². The number of nitrogens with zero attached hydrogens (tertiary/aromatic N) is 5. The van der Waals surface area contributed by atoms with Crippen molar-refractivity contribution in [1.29, 1.82) is 0 Å². The Morgan fingerprint density at radius 2 is 2.04 bits per heavy atom. The molecule has 1 aliphatic rings. The lowest BCUT2D eigenvalue weighted by Crippen LogP contribution is -2.45. The number of aromatic nitrogens is 3. The van der Waals surface area contributed by atoms with E-state index < -0.39 is 0 Å². The predicted octanol–water partition coefficient (Wildman–Crippen LogP) is 3.26. The van der Waals surface area contributed by atoms with Crippen LogP contribution in [0.3, 0.4) is 0 Å². The van der Waals surface area contributed by atoms with Crippen molar-refractivity contribution in [3.05, 3.63) is 47.5 Å². The minimum Gasteiger partial charge on any atom is -0.354 e. The van der Waals surface area contributed by atoms with Gasteiger partial charge in [-0.05, 0) is 24.0 Å². The van der Waals surface area contributed by atoms with Gasteiger partial charge in [0.05, 0.1) is 0 Å². The maximum absolute atomic E-state index is 4.86. The second-order valence-corrected chi connectivity index (χ2v) is 6.72. The summed E-state index contributed by atoms with van der Waals surface area (Å²) in [4.78, 5) is 7.24. The second-order valence-electron chi connectivity index (χ2n) is 6.72. The molecule has 0 aliphatic carbocycles. The van der Waals surface area contributed by atoms with E-state index in [0.29, 0.717) is 0 Å². The van der Waals surface area contributed by atoms with Crippen LogP contribution in [-0.4, -0.2) is 45.3 Å². The van der Waals surface area contributed by atoms with E-state index in [9.17, 15) is 0 Å². The zero-order valence-corrected chi connectivity index (χ0v) is 18.7. The molecule has 2 heterocycles. The minimum atomic E-state index is 0. The minimum absolute atomic E-state index is 0. The molecule has 0 fully saturated rings. The van der Waals surface area contributed by atoms with Crippen molar-refractivity contribution in [2.45, 2.75) is 52.6 Å². The number of guanidine groups is 1. The number of fused-ring (bicyclic) bond motifs is 1. The van der Waals surface area contributed by atoms with E-state index in [1.165, 1.54) is 17.5 Å². The molecule has 148 valence electrons. The Morgan fingerprint density at radius 1 is 1.22 bits per heavy atom. The van der Waals surface area contributed by atoms with Gasteiger partial charge in [0.2, 0.25) is 0 Å². The van der Waals surface area contributed by atoms with E-state index in [2.05, 4.69) is 63.1 Å². The summed E-state index contributed by atoms with van der Waals surface area (Å²) in [6, 6.07) is 8.73. The molecule has 1 N–H and O–H groups in total. The van der Waals surface area contributed by atoms with Crippen molar-refractivity contribution < 1.29 is 0 Å². The summed E-state index contributed by atoms with van der Waals surface area (Å²) in [6.45, 7) is 8.82. The van der Waals surface area contributed by atoms with Crippen molar-refractivity contribution in [3.63, 3.8) is 0 Å². The third-order valence-corrected chi connectivity index (χ3v) is 4.85. The third-order valence-electron chi connectivity index (χ3n) is 4.85. The van der Waals surface area contributed by atoms with E-state index in [0.717, 1.165) is 63.8 Å². The van der Waals surface area contributed by atoms with E-state index in [1.54, 1.807) is 0 Å². The zero-order chi connectivity index (χ0) is 18.2. The number of hydrogen-bond acceptors (Lipinski definition) is 3. The zero-order valence-electron chi connectivity index (χ0n) is 16.4. The molecule has 2 aromatic rings. The van der Waals surface area contributed by atoms with Gasteiger partial charge < -0.3 is 14.8 Å². The topological polar surface area (TPSA) is 58.3 Å². The predicted molar refractivity (Wildman–Crippen MR) is 121 cm³/mol. The summed E-state index contributed by atoms with van der Waals surface area (Å²) in [7, 11) is 0. The number of nitrogens with one attached hydrogen (secondary N) is 1. The van der Waals surface area contributed by atoms with Crippen molar-refractivity contribution in [1.82, 2.24) is 25.0 Å². The molecule has 0 bridgehead atoms. The average molecular weight is 482 g/mol. The Labute approximate surface area is 179 Å². The molecule has 0 saturated heterocycles. The largest absolute Gasteiger partial charge is 0.354 e. The van der Waals surface area contributed by atoms with Crippen molar-refractivity contribution >= 4 is 29.9 Å². The second kappa shape index (κ2) is 11.3. The number of aryl methyl sites for hydroxylation is 1. The van der Waals surface area contributed by atoms with Gasteiger partial charge in [0.1, 0.15) is 12.2 Å². The maximum atomic E-state index is 4.86. The maximum Gasteiger partial charge on any atom is 0.194 e. The number of unbranched alkanes of at least 4 members (excludes halogenated alkanes) is 1. The van der Waals surface area contributed by atoms with Crippen LogP contribution in [0.2, 0.25) is 0 Å². The molecule has 0 atom stereocenters. The van der Waals surface area contributed by atoms with Crippen LogP contribution in [0.4, 0.5) is 0 Å². The average Bonchev–Trinajstić information content (AvgIpc) is 3.14. The Bertz CT molecular complexity index is 727. The van der Waals surface area contributed by atoms with Crippen LogP contribution in [0.15, 0.2) is 35.6 Å². The lowest BCUT2D eigenvalue weighted by molar-refractivity contribution is 0.376. The van der Waals surface area contributed by atoms with Crippen LogP contribution < -0.4 is 5.32 Å². The van der Waals surface area contributed by atoms with Crippen LogP contribution in [0.1, 0.15) is 43.6 Å². The highest BCUT2D eigenvalue weighted by Gasteiger charge is 2.18. The van der Waals surface area contributed by atoms with Crippen molar-refractivity contribution in [2.75, 3.05) is 19.6 Å². The number of hydrogen-bond donors (Lipinski definition) is 1. The number of benzene rings is 1. The van der Waals surface area contributed by atoms with Gasteiger partial charge in [-0.1, -0.05) is 44.5 Å². The first kappa shape index (κ1) is 21.7. The quantitative estimate of drug-likeness (QED) is 0.285. The van der Waals surface area contributed by atoms with Gasteiger partial charge in [0, 0.05) is 39.1 Å². The molecular formula is C20H31IN6. The molecule has 1 aromatic carbocycles. The summed E-state index contributed by atoms with van der Waals surface area (Å²) in [5.41, 5.74) is 2.88.